The van der Waals surface area contributed by atoms with Gasteiger partial charge in [-0.3, -0.25) is 0 Å². The largest absolute Gasteiger partial charge is 0.378 e. The first-order chi connectivity index (χ1) is 6.24. The summed E-state index contributed by atoms with van der Waals surface area (Å²) < 4.78 is 5.01. The maximum Gasteiger partial charge on any atom is 0.113 e. The minimum Gasteiger partial charge on any atom is -0.378 e. The van der Waals surface area contributed by atoms with Crippen LogP contribution in [-0.2, 0) is 16.9 Å². The zero-order valence-corrected chi connectivity index (χ0v) is 8.56. The summed E-state index contributed by atoms with van der Waals surface area (Å²) in [6.45, 7) is 0.590. The second-order valence-electron chi connectivity index (χ2n) is 3.59. The van der Waals surface area contributed by atoms with E-state index in [2.05, 4.69) is 4.98 Å². The molecule has 13 heavy (non-hydrogen) atoms. The van der Waals surface area contributed by atoms with Crippen LogP contribution in [0.3, 0.4) is 0 Å². The van der Waals surface area contributed by atoms with Crippen molar-refractivity contribution in [1.82, 2.24) is 4.98 Å². The first-order valence-electron chi connectivity index (χ1n) is 4.47. The standard InChI is InChI=1S/C9H14N2OS/c1-12-5-7-6-13-8(11-7)9(10)3-2-4-9/h6H,2-5,10H2,1H3. The Kier molecular flexibility index (Phi) is 2.36. The lowest BCUT2D eigenvalue weighted by atomic mass is 9.78. The predicted octanol–water partition coefficient (Wildman–Crippen LogP) is 1.63. The fraction of sp³-hybridized carbons (Fsp3) is 0.667. The number of hydrogen-bond donors (Lipinski definition) is 1. The van der Waals surface area contributed by atoms with E-state index in [1.807, 2.05) is 5.38 Å². The molecule has 0 unspecified atom stereocenters. The van der Waals surface area contributed by atoms with Crippen molar-refractivity contribution in [2.75, 3.05) is 7.11 Å². The number of nitrogens with zero attached hydrogens (tertiary/aromatic N) is 1. The molecule has 0 radical (unpaired) electrons. The van der Waals surface area contributed by atoms with Gasteiger partial charge in [-0.1, -0.05) is 0 Å². The molecular weight excluding hydrogens is 184 g/mol. The van der Waals surface area contributed by atoms with Crippen molar-refractivity contribution in [2.45, 2.75) is 31.4 Å². The molecule has 3 nitrogen and oxygen atoms in total. The average Bonchev–Trinajstić information content (AvgIpc) is 2.50. The summed E-state index contributed by atoms with van der Waals surface area (Å²) in [5.74, 6) is 0. The topological polar surface area (TPSA) is 48.1 Å². The van der Waals surface area contributed by atoms with E-state index in [9.17, 15) is 0 Å². The number of nitrogens with two attached hydrogens (primary N) is 1. The molecule has 1 aromatic rings. The SMILES string of the molecule is COCc1csc(C2(N)CCC2)n1. The van der Waals surface area contributed by atoms with Crippen LogP contribution in [0.5, 0.6) is 0 Å². The van der Waals surface area contributed by atoms with Crippen LogP contribution in [0, 0.1) is 0 Å². The highest BCUT2D eigenvalue weighted by atomic mass is 32.1. The molecule has 1 aliphatic carbocycles. The highest BCUT2D eigenvalue weighted by Crippen LogP contribution is 2.39. The first-order valence-corrected chi connectivity index (χ1v) is 5.35. The summed E-state index contributed by atoms with van der Waals surface area (Å²) in [7, 11) is 1.68. The molecule has 0 aromatic carbocycles. The van der Waals surface area contributed by atoms with E-state index in [1.165, 1.54) is 6.42 Å². The van der Waals surface area contributed by atoms with E-state index in [0.717, 1.165) is 23.5 Å². The molecule has 4 heteroatoms. The molecule has 0 aliphatic heterocycles. The van der Waals surface area contributed by atoms with E-state index in [-0.39, 0.29) is 5.54 Å². The van der Waals surface area contributed by atoms with Crippen LogP contribution in [0.2, 0.25) is 0 Å². The monoisotopic (exact) mass is 198 g/mol. The van der Waals surface area contributed by atoms with Crippen LogP contribution in [-0.4, -0.2) is 12.1 Å². The second-order valence-corrected chi connectivity index (χ2v) is 4.44. The van der Waals surface area contributed by atoms with Gasteiger partial charge in [0.1, 0.15) is 5.01 Å². The number of aromatic nitrogens is 1. The normalized spacial score (nSPS) is 19.8. The van der Waals surface area contributed by atoms with Crippen LogP contribution in [0.25, 0.3) is 0 Å². The molecule has 1 saturated carbocycles. The third-order valence-electron chi connectivity index (χ3n) is 2.52. The predicted molar refractivity (Wildman–Crippen MR) is 52.5 cm³/mol. The third-order valence-corrected chi connectivity index (χ3v) is 3.63. The Morgan fingerprint density at radius 3 is 3.00 bits per heavy atom. The first kappa shape index (κ1) is 9.12. The maximum absolute atomic E-state index is 6.14. The summed E-state index contributed by atoms with van der Waals surface area (Å²) in [5, 5.41) is 3.11. The van der Waals surface area contributed by atoms with Crippen molar-refractivity contribution in [1.29, 1.82) is 0 Å². The Labute approximate surface area is 81.9 Å². The van der Waals surface area contributed by atoms with Crippen molar-refractivity contribution in [2.24, 2.45) is 5.73 Å². The maximum atomic E-state index is 6.14. The van der Waals surface area contributed by atoms with Gasteiger partial charge >= 0.3 is 0 Å². The molecular formula is C9H14N2OS. The van der Waals surface area contributed by atoms with Gasteiger partial charge in [0, 0.05) is 12.5 Å². The van der Waals surface area contributed by atoms with Crippen molar-refractivity contribution in [3.05, 3.63) is 16.1 Å². The molecule has 1 aliphatic rings. The number of ether oxygens (including phenoxy) is 1. The molecule has 0 bridgehead atoms. The summed E-state index contributed by atoms with van der Waals surface area (Å²) in [6, 6.07) is 0. The number of thiazole rings is 1. The van der Waals surface area contributed by atoms with E-state index >= 15 is 0 Å². The Morgan fingerprint density at radius 2 is 2.46 bits per heavy atom. The fourth-order valence-corrected chi connectivity index (χ4v) is 2.50. The lowest BCUT2D eigenvalue weighted by molar-refractivity contribution is 0.181. The summed E-state index contributed by atoms with van der Waals surface area (Å²) in [6.07, 6.45) is 3.38. The van der Waals surface area contributed by atoms with Gasteiger partial charge in [-0.2, -0.15) is 0 Å². The van der Waals surface area contributed by atoms with E-state index in [1.54, 1.807) is 18.4 Å². The summed E-state index contributed by atoms with van der Waals surface area (Å²) in [4.78, 5) is 4.46. The van der Waals surface area contributed by atoms with Gasteiger partial charge in [-0.15, -0.1) is 11.3 Å². The Balaban J connectivity index is 2.12. The van der Waals surface area contributed by atoms with E-state index < -0.39 is 0 Å². The van der Waals surface area contributed by atoms with E-state index in [0.29, 0.717) is 6.61 Å². The molecule has 2 N–H and O–H groups in total. The molecule has 2 rings (SSSR count). The Bertz CT molecular complexity index is 294. The van der Waals surface area contributed by atoms with Crippen molar-refractivity contribution in [3.63, 3.8) is 0 Å². The van der Waals surface area contributed by atoms with Gasteiger partial charge in [0.25, 0.3) is 0 Å². The lowest BCUT2D eigenvalue weighted by Gasteiger charge is -2.35. The minimum atomic E-state index is -0.114. The molecule has 0 atom stereocenters. The van der Waals surface area contributed by atoms with Crippen LogP contribution >= 0.6 is 11.3 Å². The highest BCUT2D eigenvalue weighted by Gasteiger charge is 2.36. The zero-order chi connectivity index (χ0) is 9.31. The molecule has 0 saturated heterocycles. The van der Waals surface area contributed by atoms with Gasteiger partial charge < -0.3 is 10.5 Å². The van der Waals surface area contributed by atoms with E-state index in [4.69, 9.17) is 10.5 Å². The number of hydrogen-bond acceptors (Lipinski definition) is 4. The second kappa shape index (κ2) is 3.36. The van der Waals surface area contributed by atoms with Crippen LogP contribution in [0.1, 0.15) is 30.0 Å². The van der Waals surface area contributed by atoms with Gasteiger partial charge in [-0.25, -0.2) is 4.98 Å². The Morgan fingerprint density at radius 1 is 1.69 bits per heavy atom. The van der Waals surface area contributed by atoms with Crippen LogP contribution in [0.4, 0.5) is 0 Å². The third kappa shape index (κ3) is 1.61. The fourth-order valence-electron chi connectivity index (χ4n) is 1.52. The molecule has 72 valence electrons. The van der Waals surface area contributed by atoms with Crippen molar-refractivity contribution in [3.8, 4) is 0 Å². The molecule has 0 spiro atoms. The quantitative estimate of drug-likeness (QED) is 0.803. The van der Waals surface area contributed by atoms with Crippen molar-refractivity contribution >= 4 is 11.3 Å². The number of rotatable bonds is 3. The number of methoxy groups -OCH3 is 1. The van der Waals surface area contributed by atoms with Crippen LogP contribution in [0.15, 0.2) is 5.38 Å². The molecule has 1 heterocycles. The van der Waals surface area contributed by atoms with Crippen LogP contribution < -0.4 is 5.73 Å². The summed E-state index contributed by atoms with van der Waals surface area (Å²) in [5.41, 5.74) is 7.03. The van der Waals surface area contributed by atoms with Gasteiger partial charge in [-0.05, 0) is 19.3 Å². The Hall–Kier alpha value is -0.450. The van der Waals surface area contributed by atoms with Gasteiger partial charge in [0.05, 0.1) is 17.8 Å². The zero-order valence-electron chi connectivity index (χ0n) is 7.75. The lowest BCUT2D eigenvalue weighted by Crippen LogP contribution is -2.43. The average molecular weight is 198 g/mol. The summed E-state index contributed by atoms with van der Waals surface area (Å²) >= 11 is 1.66. The molecule has 1 fully saturated rings. The van der Waals surface area contributed by atoms with Gasteiger partial charge in [0.15, 0.2) is 0 Å². The minimum absolute atomic E-state index is 0.114. The van der Waals surface area contributed by atoms with Gasteiger partial charge in [0.2, 0.25) is 0 Å². The smallest absolute Gasteiger partial charge is 0.113 e. The molecule has 1 aromatic heterocycles. The highest BCUT2D eigenvalue weighted by molar-refractivity contribution is 7.09. The molecule has 0 amide bonds. The van der Waals surface area contributed by atoms with Crippen molar-refractivity contribution < 1.29 is 4.74 Å².